The summed E-state index contributed by atoms with van der Waals surface area (Å²) in [6, 6.07) is 20.0. The van der Waals surface area contributed by atoms with Crippen LogP contribution in [0.1, 0.15) is 43.2 Å². The average molecular weight is 434 g/mol. The van der Waals surface area contributed by atoms with Gasteiger partial charge in [-0.1, -0.05) is 65.5 Å². The molecule has 0 saturated heterocycles. The monoisotopic (exact) mass is 433 g/mol. The molecule has 5 rings (SSSR count). The normalized spacial score (nSPS) is 16.6. The van der Waals surface area contributed by atoms with Gasteiger partial charge in [-0.05, 0) is 64.9 Å². The molecule has 0 aromatic heterocycles. The standard InChI is InChI=1S/C24H20BrNO2/c25-17-9-10-19-20-14-16(18-6-2-3-7-23(18)26(27)28)8-11-21(20)24(22(19)15-17)12-4-1-5-13-24/h2-3,6-11,14-15H,1,4-5,12-13H2. The molecule has 4 heteroatoms. The van der Waals surface area contributed by atoms with Crippen LogP contribution < -0.4 is 0 Å². The van der Waals surface area contributed by atoms with Crippen LogP contribution in [0.2, 0.25) is 0 Å². The molecule has 0 heterocycles. The lowest BCUT2D eigenvalue weighted by molar-refractivity contribution is -0.384. The Kier molecular flexibility index (Phi) is 4.13. The third kappa shape index (κ3) is 2.55. The third-order valence-corrected chi connectivity index (χ3v) is 6.93. The van der Waals surface area contributed by atoms with E-state index in [1.54, 1.807) is 12.1 Å². The molecule has 1 saturated carbocycles. The lowest BCUT2D eigenvalue weighted by Crippen LogP contribution is -2.28. The molecule has 0 amide bonds. The lowest BCUT2D eigenvalue weighted by atomic mass is 9.68. The summed E-state index contributed by atoms with van der Waals surface area (Å²) in [6.45, 7) is 0. The summed E-state index contributed by atoms with van der Waals surface area (Å²) in [7, 11) is 0. The number of nitrogens with zero attached hydrogens (tertiary/aromatic N) is 1. The van der Waals surface area contributed by atoms with E-state index >= 15 is 0 Å². The zero-order valence-electron chi connectivity index (χ0n) is 15.5. The smallest absolute Gasteiger partial charge is 0.258 e. The van der Waals surface area contributed by atoms with Crippen molar-refractivity contribution in [1.82, 2.24) is 0 Å². The number of benzene rings is 3. The van der Waals surface area contributed by atoms with Gasteiger partial charge >= 0.3 is 0 Å². The number of para-hydroxylation sites is 1. The summed E-state index contributed by atoms with van der Waals surface area (Å²) in [5, 5.41) is 11.5. The van der Waals surface area contributed by atoms with Crippen LogP contribution in [0, 0.1) is 10.1 Å². The minimum atomic E-state index is -0.295. The fourth-order valence-corrected chi connectivity index (χ4v) is 5.58. The highest BCUT2D eigenvalue weighted by molar-refractivity contribution is 9.10. The van der Waals surface area contributed by atoms with Crippen LogP contribution in [0.3, 0.4) is 0 Å². The zero-order valence-corrected chi connectivity index (χ0v) is 17.0. The second-order valence-corrected chi connectivity index (χ2v) is 8.78. The van der Waals surface area contributed by atoms with Crippen molar-refractivity contribution in [3.63, 3.8) is 0 Å². The first kappa shape index (κ1) is 17.6. The summed E-state index contributed by atoms with van der Waals surface area (Å²) < 4.78 is 1.11. The fraction of sp³-hybridized carbons (Fsp3) is 0.250. The van der Waals surface area contributed by atoms with Gasteiger partial charge in [-0.15, -0.1) is 0 Å². The van der Waals surface area contributed by atoms with Gasteiger partial charge < -0.3 is 0 Å². The predicted octanol–water partition coefficient (Wildman–Crippen LogP) is 7.25. The van der Waals surface area contributed by atoms with Gasteiger partial charge in [-0.2, -0.15) is 0 Å². The van der Waals surface area contributed by atoms with E-state index in [0.717, 1.165) is 10.0 Å². The van der Waals surface area contributed by atoms with Crippen LogP contribution in [-0.4, -0.2) is 4.92 Å². The molecule has 28 heavy (non-hydrogen) atoms. The Bertz CT molecular complexity index is 1100. The first-order valence-electron chi connectivity index (χ1n) is 9.79. The summed E-state index contributed by atoms with van der Waals surface area (Å²) in [5.74, 6) is 0. The number of rotatable bonds is 2. The topological polar surface area (TPSA) is 43.1 Å². The van der Waals surface area contributed by atoms with E-state index in [0.29, 0.717) is 5.56 Å². The Morgan fingerprint density at radius 2 is 1.61 bits per heavy atom. The predicted molar refractivity (Wildman–Crippen MR) is 116 cm³/mol. The molecule has 0 bridgehead atoms. The number of halogens is 1. The van der Waals surface area contributed by atoms with Gasteiger partial charge in [0, 0.05) is 16.0 Å². The molecule has 0 N–H and O–H groups in total. The van der Waals surface area contributed by atoms with Crippen molar-refractivity contribution in [2.45, 2.75) is 37.5 Å². The summed E-state index contributed by atoms with van der Waals surface area (Å²) in [6.07, 6.45) is 6.14. The highest BCUT2D eigenvalue weighted by Crippen LogP contribution is 2.56. The molecule has 2 aliphatic carbocycles. The van der Waals surface area contributed by atoms with Crippen molar-refractivity contribution in [3.8, 4) is 22.3 Å². The third-order valence-electron chi connectivity index (χ3n) is 6.44. The van der Waals surface area contributed by atoms with Gasteiger partial charge in [0.15, 0.2) is 0 Å². The number of hydrogen-bond donors (Lipinski definition) is 0. The maximum Gasteiger partial charge on any atom is 0.277 e. The van der Waals surface area contributed by atoms with E-state index in [9.17, 15) is 10.1 Å². The number of nitro benzene ring substituents is 1. The van der Waals surface area contributed by atoms with Crippen molar-refractivity contribution in [3.05, 3.63) is 86.4 Å². The first-order valence-corrected chi connectivity index (χ1v) is 10.6. The quantitative estimate of drug-likeness (QED) is 0.315. The molecule has 3 nitrogen and oxygen atoms in total. The first-order chi connectivity index (χ1) is 13.6. The Morgan fingerprint density at radius 3 is 2.39 bits per heavy atom. The largest absolute Gasteiger partial charge is 0.277 e. The van der Waals surface area contributed by atoms with Crippen LogP contribution in [0.25, 0.3) is 22.3 Å². The van der Waals surface area contributed by atoms with Gasteiger partial charge in [0.2, 0.25) is 0 Å². The van der Waals surface area contributed by atoms with Crippen molar-refractivity contribution in [1.29, 1.82) is 0 Å². The van der Waals surface area contributed by atoms with Crippen LogP contribution in [0.4, 0.5) is 5.69 Å². The van der Waals surface area contributed by atoms with Gasteiger partial charge in [0.05, 0.1) is 10.5 Å². The Labute approximate surface area is 172 Å². The van der Waals surface area contributed by atoms with E-state index in [-0.39, 0.29) is 16.0 Å². The Balaban J connectivity index is 1.74. The van der Waals surface area contributed by atoms with E-state index in [1.165, 1.54) is 54.4 Å². The Morgan fingerprint density at radius 1 is 0.821 bits per heavy atom. The number of nitro groups is 1. The molecular formula is C24H20BrNO2. The van der Waals surface area contributed by atoms with Gasteiger partial charge in [0.1, 0.15) is 0 Å². The maximum absolute atomic E-state index is 11.5. The van der Waals surface area contributed by atoms with Crippen LogP contribution in [0.5, 0.6) is 0 Å². The molecule has 3 aromatic rings. The van der Waals surface area contributed by atoms with Crippen LogP contribution >= 0.6 is 15.9 Å². The summed E-state index contributed by atoms with van der Waals surface area (Å²) in [4.78, 5) is 11.2. The van der Waals surface area contributed by atoms with E-state index in [2.05, 4.69) is 52.3 Å². The number of fused-ring (bicyclic) bond motifs is 5. The molecule has 0 atom stereocenters. The molecule has 0 radical (unpaired) electrons. The molecule has 1 fully saturated rings. The second-order valence-electron chi connectivity index (χ2n) is 7.87. The number of hydrogen-bond acceptors (Lipinski definition) is 2. The minimum Gasteiger partial charge on any atom is -0.258 e. The van der Waals surface area contributed by atoms with Gasteiger partial charge in [-0.3, -0.25) is 10.1 Å². The van der Waals surface area contributed by atoms with Gasteiger partial charge in [0.25, 0.3) is 5.69 Å². The molecule has 1 spiro atoms. The SMILES string of the molecule is O=[N+]([O-])c1ccccc1-c1ccc2c(c1)-c1ccc(Br)cc1C21CCCCC1. The molecule has 2 aliphatic rings. The minimum absolute atomic E-state index is 0.0911. The zero-order chi connectivity index (χ0) is 19.3. The molecule has 140 valence electrons. The van der Waals surface area contributed by atoms with Crippen LogP contribution in [-0.2, 0) is 5.41 Å². The van der Waals surface area contributed by atoms with E-state index in [4.69, 9.17) is 0 Å². The molecule has 0 aliphatic heterocycles. The fourth-order valence-electron chi connectivity index (χ4n) is 5.22. The molecule has 3 aromatic carbocycles. The second kappa shape index (κ2) is 6.56. The summed E-state index contributed by atoms with van der Waals surface area (Å²) in [5.41, 5.74) is 7.16. The maximum atomic E-state index is 11.5. The molecular weight excluding hydrogens is 414 g/mol. The van der Waals surface area contributed by atoms with Gasteiger partial charge in [-0.25, -0.2) is 0 Å². The van der Waals surface area contributed by atoms with Crippen molar-refractivity contribution in [2.75, 3.05) is 0 Å². The van der Waals surface area contributed by atoms with Crippen molar-refractivity contribution < 1.29 is 4.92 Å². The Hall–Kier alpha value is -2.46. The van der Waals surface area contributed by atoms with Crippen molar-refractivity contribution in [2.24, 2.45) is 0 Å². The molecule has 0 unspecified atom stereocenters. The van der Waals surface area contributed by atoms with Crippen molar-refractivity contribution >= 4 is 21.6 Å². The lowest BCUT2D eigenvalue weighted by Gasteiger charge is -2.36. The van der Waals surface area contributed by atoms with Crippen LogP contribution in [0.15, 0.2) is 65.1 Å². The highest BCUT2D eigenvalue weighted by Gasteiger charge is 2.43. The van der Waals surface area contributed by atoms with E-state index in [1.807, 2.05) is 12.1 Å². The average Bonchev–Trinajstić information content (AvgIpc) is 2.97. The van der Waals surface area contributed by atoms with E-state index < -0.39 is 0 Å². The highest BCUT2D eigenvalue weighted by atomic mass is 79.9. The summed E-state index contributed by atoms with van der Waals surface area (Å²) >= 11 is 3.66.